The van der Waals surface area contributed by atoms with Gasteiger partial charge in [0.05, 0.1) is 11.2 Å². The third-order valence-electron chi connectivity index (χ3n) is 4.04. The Hall–Kier alpha value is -3.50. The molecule has 0 aliphatic carbocycles. The summed E-state index contributed by atoms with van der Waals surface area (Å²) in [6.45, 7) is 1.14. The normalized spacial score (nSPS) is 11.8. The van der Waals surface area contributed by atoms with E-state index in [0.717, 1.165) is 17.8 Å². The second-order valence-corrected chi connectivity index (χ2v) is 7.50. The third kappa shape index (κ3) is 4.50. The van der Waals surface area contributed by atoms with Crippen molar-refractivity contribution in [3.8, 4) is 11.5 Å². The molecule has 2 aromatic carbocycles. The molecule has 0 saturated heterocycles. The number of aromatic hydroxyl groups is 1. The van der Waals surface area contributed by atoms with Crippen LogP contribution in [0.15, 0.2) is 52.5 Å². The van der Waals surface area contributed by atoms with Gasteiger partial charge in [-0.15, -0.1) is 0 Å². The van der Waals surface area contributed by atoms with Gasteiger partial charge in [-0.1, -0.05) is 18.2 Å². The maximum Gasteiger partial charge on any atom is 0.341 e. The lowest BCUT2D eigenvalue weighted by molar-refractivity contribution is -0.139. The molecule has 3 aromatic rings. The Morgan fingerprint density at radius 3 is 2.66 bits per heavy atom. The zero-order valence-electron chi connectivity index (χ0n) is 15.1. The van der Waals surface area contributed by atoms with Crippen LogP contribution in [0.3, 0.4) is 0 Å². The molecule has 9 nitrogen and oxygen atoms in total. The number of carboxylic acid groups (broad SMARTS) is 1. The van der Waals surface area contributed by atoms with Gasteiger partial charge in [0.2, 0.25) is 0 Å². The van der Waals surface area contributed by atoms with Gasteiger partial charge in [0.1, 0.15) is 4.90 Å². The molecule has 0 radical (unpaired) electrons. The predicted octanol–water partition coefficient (Wildman–Crippen LogP) is 2.71. The first kappa shape index (κ1) is 20.2. The number of aryl methyl sites for hydroxylation is 1. The van der Waals surface area contributed by atoms with Crippen LogP contribution in [0.4, 0.5) is 5.69 Å². The number of nitrogens with zero attached hydrogens (tertiary/aromatic N) is 2. The maximum atomic E-state index is 11.5. The minimum atomic E-state index is -4.53. The molecule has 1 aromatic heterocycles. The summed E-state index contributed by atoms with van der Waals surface area (Å²) >= 11 is 0. The van der Waals surface area contributed by atoms with E-state index in [2.05, 4.69) is 9.98 Å². The highest BCUT2D eigenvalue weighted by Gasteiger charge is 2.18. The predicted molar refractivity (Wildman–Crippen MR) is 105 cm³/mol. The zero-order valence-corrected chi connectivity index (χ0v) is 15.9. The average molecular weight is 416 g/mol. The number of carboxylic acids is 1. The van der Waals surface area contributed by atoms with Crippen molar-refractivity contribution in [2.75, 3.05) is 6.61 Å². The lowest BCUT2D eigenvalue weighted by atomic mass is 10.1. The Balaban J connectivity index is 2.22. The Morgan fingerprint density at radius 1 is 1.28 bits per heavy atom. The van der Waals surface area contributed by atoms with Gasteiger partial charge in [0.15, 0.2) is 18.1 Å². The Kier molecular flexibility index (Phi) is 5.48. The van der Waals surface area contributed by atoms with E-state index in [1.807, 2.05) is 19.1 Å². The number of hydrogen-bond acceptors (Lipinski definition) is 7. The van der Waals surface area contributed by atoms with Crippen LogP contribution in [-0.4, -0.2) is 47.0 Å². The van der Waals surface area contributed by atoms with E-state index in [1.165, 1.54) is 12.3 Å². The molecule has 0 unspecified atom stereocenters. The number of phenols is 1. The summed E-state index contributed by atoms with van der Waals surface area (Å²) in [5, 5.41) is 19.6. The fourth-order valence-corrected chi connectivity index (χ4v) is 3.06. The summed E-state index contributed by atoms with van der Waals surface area (Å²) in [7, 11) is -4.53. The number of ether oxygens (including phenoxy) is 1. The smallest absolute Gasteiger partial charge is 0.341 e. The van der Waals surface area contributed by atoms with Crippen molar-refractivity contribution < 1.29 is 32.7 Å². The third-order valence-corrected chi connectivity index (χ3v) is 4.86. The van der Waals surface area contributed by atoms with E-state index in [-0.39, 0.29) is 22.2 Å². The van der Waals surface area contributed by atoms with Crippen LogP contribution >= 0.6 is 0 Å². The van der Waals surface area contributed by atoms with Crippen molar-refractivity contribution in [1.29, 1.82) is 0 Å². The molecule has 29 heavy (non-hydrogen) atoms. The minimum absolute atomic E-state index is 0.0594. The molecule has 0 atom stereocenters. The number of aliphatic imine (C=N–C) groups is 1. The highest BCUT2D eigenvalue weighted by Crippen LogP contribution is 2.36. The van der Waals surface area contributed by atoms with E-state index < -0.39 is 33.3 Å². The molecule has 0 saturated carbocycles. The van der Waals surface area contributed by atoms with Gasteiger partial charge in [-0.25, -0.2) is 4.79 Å². The van der Waals surface area contributed by atoms with Gasteiger partial charge < -0.3 is 14.9 Å². The summed E-state index contributed by atoms with van der Waals surface area (Å²) in [6, 6.07) is 9.61. The number of aliphatic carboxylic acids is 1. The summed E-state index contributed by atoms with van der Waals surface area (Å²) in [4.78, 5) is 18.6. The van der Waals surface area contributed by atoms with Crippen molar-refractivity contribution >= 4 is 38.9 Å². The Bertz CT molecular complexity index is 1240. The van der Waals surface area contributed by atoms with Crippen LogP contribution < -0.4 is 4.74 Å². The SMILES string of the molecule is Cc1ccccc1N=Cc1c(O)c(OCC(=O)O)cc2ncc(S(=O)(=O)O)cc12. The largest absolute Gasteiger partial charge is 0.504 e. The van der Waals surface area contributed by atoms with Crippen molar-refractivity contribution in [3.05, 3.63) is 53.7 Å². The Morgan fingerprint density at radius 2 is 2.00 bits per heavy atom. The molecule has 0 spiro atoms. The molecular formula is C19H16N2O7S. The topological polar surface area (TPSA) is 146 Å². The number of para-hydroxylation sites is 1. The van der Waals surface area contributed by atoms with Gasteiger partial charge in [-0.3, -0.25) is 14.5 Å². The number of phenolic OH excluding ortho intramolecular Hbond substituents is 1. The van der Waals surface area contributed by atoms with Crippen molar-refractivity contribution in [3.63, 3.8) is 0 Å². The van der Waals surface area contributed by atoms with Gasteiger partial charge in [0, 0.05) is 29.4 Å². The van der Waals surface area contributed by atoms with Crippen LogP contribution in [0.1, 0.15) is 11.1 Å². The molecule has 0 bridgehead atoms. The molecule has 3 rings (SSSR count). The van der Waals surface area contributed by atoms with Crippen LogP contribution in [0, 0.1) is 6.92 Å². The van der Waals surface area contributed by atoms with E-state index in [4.69, 9.17) is 9.84 Å². The van der Waals surface area contributed by atoms with Crippen LogP contribution in [0.5, 0.6) is 11.5 Å². The standard InChI is InChI=1S/C19H16N2O7S/c1-11-4-2-3-5-15(11)21-9-14-13-6-12(29(25,26)27)8-20-16(13)7-17(19(14)24)28-10-18(22)23/h2-9,24H,10H2,1H3,(H,22,23)(H,25,26,27). The van der Waals surface area contributed by atoms with Gasteiger partial charge >= 0.3 is 5.97 Å². The first-order valence-corrected chi connectivity index (χ1v) is 9.68. The first-order valence-electron chi connectivity index (χ1n) is 8.24. The number of rotatable bonds is 6. The molecule has 10 heteroatoms. The lowest BCUT2D eigenvalue weighted by Gasteiger charge is -2.12. The monoisotopic (exact) mass is 416 g/mol. The van der Waals surface area contributed by atoms with Gasteiger partial charge in [-0.2, -0.15) is 8.42 Å². The van der Waals surface area contributed by atoms with E-state index in [9.17, 15) is 22.9 Å². The highest BCUT2D eigenvalue weighted by molar-refractivity contribution is 7.85. The molecule has 0 amide bonds. The molecular weight excluding hydrogens is 400 g/mol. The maximum absolute atomic E-state index is 11.5. The molecule has 0 fully saturated rings. The fourth-order valence-electron chi connectivity index (χ4n) is 2.60. The number of pyridine rings is 1. The lowest BCUT2D eigenvalue weighted by Crippen LogP contribution is -2.10. The summed E-state index contributed by atoms with van der Waals surface area (Å²) in [6.07, 6.45) is 2.24. The Labute approximate surface area is 165 Å². The quantitative estimate of drug-likeness (QED) is 0.411. The number of benzene rings is 2. The molecule has 150 valence electrons. The van der Waals surface area contributed by atoms with Crippen LogP contribution in [0.2, 0.25) is 0 Å². The van der Waals surface area contributed by atoms with Crippen molar-refractivity contribution in [2.45, 2.75) is 11.8 Å². The molecule has 3 N–H and O–H groups in total. The van der Waals surface area contributed by atoms with Gasteiger partial charge in [-0.05, 0) is 24.6 Å². The number of carbonyl (C=O) groups is 1. The number of aromatic nitrogens is 1. The summed E-state index contributed by atoms with van der Waals surface area (Å²) < 4.78 is 37.3. The highest BCUT2D eigenvalue weighted by atomic mass is 32.2. The van der Waals surface area contributed by atoms with Crippen molar-refractivity contribution in [2.24, 2.45) is 4.99 Å². The number of hydrogen-bond donors (Lipinski definition) is 3. The van der Waals surface area contributed by atoms with Crippen molar-refractivity contribution in [1.82, 2.24) is 4.98 Å². The van der Waals surface area contributed by atoms with E-state index in [1.54, 1.807) is 12.1 Å². The average Bonchev–Trinajstić information content (AvgIpc) is 2.65. The fraction of sp³-hybridized carbons (Fsp3) is 0.105. The van der Waals surface area contributed by atoms with Crippen LogP contribution in [-0.2, 0) is 14.9 Å². The molecule has 0 aliphatic heterocycles. The van der Waals surface area contributed by atoms with E-state index >= 15 is 0 Å². The summed E-state index contributed by atoms with van der Waals surface area (Å²) in [5.74, 6) is -1.84. The second-order valence-electron chi connectivity index (χ2n) is 6.08. The number of fused-ring (bicyclic) bond motifs is 1. The van der Waals surface area contributed by atoms with E-state index in [0.29, 0.717) is 5.69 Å². The second kappa shape index (κ2) is 7.86. The zero-order chi connectivity index (χ0) is 21.2. The minimum Gasteiger partial charge on any atom is -0.504 e. The first-order chi connectivity index (χ1) is 13.7. The molecule has 1 heterocycles. The summed E-state index contributed by atoms with van der Waals surface area (Å²) in [5.41, 5.74) is 1.74. The van der Waals surface area contributed by atoms with Gasteiger partial charge in [0.25, 0.3) is 10.1 Å². The molecule has 0 aliphatic rings. The van der Waals surface area contributed by atoms with Crippen LogP contribution in [0.25, 0.3) is 10.9 Å².